The van der Waals surface area contributed by atoms with Gasteiger partial charge in [-0.15, -0.1) is 0 Å². The van der Waals surface area contributed by atoms with E-state index in [1.165, 1.54) is 19.3 Å². The Morgan fingerprint density at radius 2 is 1.62 bits per heavy atom. The van der Waals surface area contributed by atoms with Crippen molar-refractivity contribution in [1.29, 1.82) is 0 Å². The Morgan fingerprint density at radius 1 is 1.00 bits per heavy atom. The molecule has 2 aromatic rings. The van der Waals surface area contributed by atoms with Gasteiger partial charge in [-0.2, -0.15) is 5.10 Å². The fourth-order valence-electron chi connectivity index (χ4n) is 3.74. The zero-order valence-corrected chi connectivity index (χ0v) is 20.2. The summed E-state index contributed by atoms with van der Waals surface area (Å²) >= 11 is 6.26. The van der Waals surface area contributed by atoms with Gasteiger partial charge in [0.25, 0.3) is 15.9 Å². The number of hydrogen-bond donors (Lipinski definition) is 1. The van der Waals surface area contributed by atoms with Gasteiger partial charge in [-0.25, -0.2) is 13.8 Å². The molecule has 32 heavy (non-hydrogen) atoms. The fraction of sp³-hybridized carbons (Fsp3) is 0.417. The van der Waals surface area contributed by atoms with Crippen LogP contribution in [0.3, 0.4) is 0 Å². The minimum Gasteiger partial charge on any atom is -0.271 e. The number of hydrazone groups is 1. The SMILES string of the molecule is Cc1ccc(S(=O)(=O)N(CC(=O)NN=C2CCCCCCC2)c2cccc(Cl)c2C)cc1. The van der Waals surface area contributed by atoms with Crippen molar-refractivity contribution in [2.75, 3.05) is 10.8 Å². The van der Waals surface area contributed by atoms with E-state index in [-0.39, 0.29) is 4.90 Å². The van der Waals surface area contributed by atoms with Gasteiger partial charge in [-0.3, -0.25) is 9.10 Å². The first-order chi connectivity index (χ1) is 15.3. The molecule has 2 aromatic carbocycles. The Hall–Kier alpha value is -2.38. The Morgan fingerprint density at radius 3 is 2.28 bits per heavy atom. The van der Waals surface area contributed by atoms with Crippen LogP contribution in [-0.2, 0) is 14.8 Å². The third kappa shape index (κ3) is 6.11. The van der Waals surface area contributed by atoms with Crippen LogP contribution in [0.1, 0.15) is 56.1 Å². The predicted octanol–water partition coefficient (Wildman–Crippen LogP) is 5.37. The molecule has 1 aliphatic rings. The van der Waals surface area contributed by atoms with Gasteiger partial charge in [-0.1, -0.05) is 54.6 Å². The van der Waals surface area contributed by atoms with E-state index in [1.807, 2.05) is 6.92 Å². The monoisotopic (exact) mass is 475 g/mol. The molecule has 0 aromatic heterocycles. The highest BCUT2D eigenvalue weighted by molar-refractivity contribution is 7.92. The summed E-state index contributed by atoms with van der Waals surface area (Å²) < 4.78 is 28.1. The second-order valence-corrected chi connectivity index (χ2v) is 10.5. The third-order valence-corrected chi connectivity index (χ3v) is 7.86. The average molecular weight is 476 g/mol. The van der Waals surface area contributed by atoms with Crippen molar-refractivity contribution in [3.05, 3.63) is 58.6 Å². The fourth-order valence-corrected chi connectivity index (χ4v) is 5.38. The van der Waals surface area contributed by atoms with Crippen LogP contribution in [0.5, 0.6) is 0 Å². The minimum absolute atomic E-state index is 0.113. The summed E-state index contributed by atoms with van der Waals surface area (Å²) in [5, 5.41) is 4.74. The number of benzene rings is 2. The Kier molecular flexibility index (Phi) is 8.32. The molecule has 8 heteroatoms. The molecule has 1 saturated carbocycles. The van der Waals surface area contributed by atoms with Gasteiger partial charge in [0.1, 0.15) is 6.54 Å². The van der Waals surface area contributed by atoms with Crippen molar-refractivity contribution in [1.82, 2.24) is 5.43 Å². The second-order valence-electron chi connectivity index (χ2n) is 8.19. The number of nitrogens with one attached hydrogen (secondary N) is 1. The quantitative estimate of drug-likeness (QED) is 0.570. The molecule has 172 valence electrons. The Balaban J connectivity index is 1.88. The summed E-state index contributed by atoms with van der Waals surface area (Å²) in [4.78, 5) is 12.9. The lowest BCUT2D eigenvalue weighted by Gasteiger charge is -2.25. The van der Waals surface area contributed by atoms with Gasteiger partial charge in [0.2, 0.25) is 0 Å². The van der Waals surface area contributed by atoms with Crippen molar-refractivity contribution in [2.45, 2.75) is 63.7 Å². The minimum atomic E-state index is -3.99. The number of nitrogens with zero attached hydrogens (tertiary/aromatic N) is 2. The second kappa shape index (κ2) is 11.0. The molecular weight excluding hydrogens is 446 g/mol. The number of anilines is 1. The van der Waals surface area contributed by atoms with Crippen molar-refractivity contribution in [3.63, 3.8) is 0 Å². The smallest absolute Gasteiger partial charge is 0.264 e. The first-order valence-electron chi connectivity index (χ1n) is 11.0. The molecule has 3 rings (SSSR count). The first kappa shape index (κ1) is 24.3. The van der Waals surface area contributed by atoms with E-state index in [9.17, 15) is 13.2 Å². The lowest BCUT2D eigenvalue weighted by Crippen LogP contribution is -2.40. The molecule has 1 amide bonds. The first-order valence-corrected chi connectivity index (χ1v) is 12.8. The third-order valence-electron chi connectivity index (χ3n) is 5.67. The maximum absolute atomic E-state index is 13.5. The van der Waals surface area contributed by atoms with Crippen LogP contribution in [0.2, 0.25) is 5.02 Å². The molecule has 1 fully saturated rings. The lowest BCUT2D eigenvalue weighted by molar-refractivity contribution is -0.119. The van der Waals surface area contributed by atoms with Crippen LogP contribution < -0.4 is 9.73 Å². The molecule has 0 bridgehead atoms. The van der Waals surface area contributed by atoms with Crippen molar-refractivity contribution >= 4 is 38.9 Å². The summed E-state index contributed by atoms with van der Waals surface area (Å²) in [6, 6.07) is 11.6. The van der Waals surface area contributed by atoms with Gasteiger partial charge in [0.05, 0.1) is 10.6 Å². The Labute approximate surface area is 195 Å². The topological polar surface area (TPSA) is 78.8 Å². The number of amides is 1. The molecule has 0 heterocycles. The van der Waals surface area contributed by atoms with Gasteiger partial charge in [0, 0.05) is 10.7 Å². The van der Waals surface area contributed by atoms with E-state index < -0.39 is 22.5 Å². The van der Waals surface area contributed by atoms with E-state index in [4.69, 9.17) is 11.6 Å². The van der Waals surface area contributed by atoms with E-state index >= 15 is 0 Å². The maximum atomic E-state index is 13.5. The highest BCUT2D eigenvalue weighted by Gasteiger charge is 2.28. The molecule has 0 spiro atoms. The predicted molar refractivity (Wildman–Crippen MR) is 130 cm³/mol. The number of halogens is 1. The molecule has 0 saturated heterocycles. The van der Waals surface area contributed by atoms with Crippen molar-refractivity contribution in [3.8, 4) is 0 Å². The van der Waals surface area contributed by atoms with Gasteiger partial charge >= 0.3 is 0 Å². The molecular formula is C24H30ClN3O3S. The van der Waals surface area contributed by atoms with E-state index in [2.05, 4.69) is 10.5 Å². The number of carbonyl (C=O) groups excluding carboxylic acids is 1. The highest BCUT2D eigenvalue weighted by atomic mass is 35.5. The summed E-state index contributed by atoms with van der Waals surface area (Å²) in [7, 11) is -3.99. The van der Waals surface area contributed by atoms with Gasteiger partial charge < -0.3 is 0 Å². The number of rotatable bonds is 6. The van der Waals surface area contributed by atoms with Crippen LogP contribution in [-0.4, -0.2) is 26.6 Å². The molecule has 0 unspecified atom stereocenters. The lowest BCUT2D eigenvalue weighted by atomic mass is 9.99. The number of aryl methyl sites for hydroxylation is 1. The summed E-state index contributed by atoms with van der Waals surface area (Å²) in [6.07, 6.45) is 7.42. The highest BCUT2D eigenvalue weighted by Crippen LogP contribution is 2.30. The van der Waals surface area contributed by atoms with Crippen LogP contribution in [0.15, 0.2) is 52.5 Å². The number of carbonyl (C=O) groups is 1. The maximum Gasteiger partial charge on any atom is 0.264 e. The van der Waals surface area contributed by atoms with Crippen molar-refractivity contribution < 1.29 is 13.2 Å². The Bertz CT molecular complexity index is 1070. The van der Waals surface area contributed by atoms with E-state index in [0.29, 0.717) is 16.3 Å². The molecule has 1 aliphatic carbocycles. The summed E-state index contributed by atoms with van der Waals surface area (Å²) in [5.74, 6) is -0.491. The van der Waals surface area contributed by atoms with Crippen LogP contribution in [0.4, 0.5) is 5.69 Å². The van der Waals surface area contributed by atoms with Crippen molar-refractivity contribution in [2.24, 2.45) is 5.10 Å². The zero-order chi connectivity index (χ0) is 23.1. The molecule has 0 atom stereocenters. The molecule has 0 radical (unpaired) electrons. The molecule has 1 N–H and O–H groups in total. The van der Waals surface area contributed by atoms with Gasteiger partial charge in [0.15, 0.2) is 0 Å². The number of sulfonamides is 1. The van der Waals surface area contributed by atoms with Crippen LogP contribution >= 0.6 is 11.6 Å². The van der Waals surface area contributed by atoms with E-state index in [1.54, 1.807) is 49.4 Å². The number of hydrogen-bond acceptors (Lipinski definition) is 4. The average Bonchev–Trinajstić information content (AvgIpc) is 2.74. The van der Waals surface area contributed by atoms with E-state index in [0.717, 1.165) is 41.3 Å². The summed E-state index contributed by atoms with van der Waals surface area (Å²) in [6.45, 7) is 3.23. The largest absolute Gasteiger partial charge is 0.271 e. The van der Waals surface area contributed by atoms with Crippen LogP contribution in [0.25, 0.3) is 0 Å². The standard InChI is InChI=1S/C24H30ClN3O3S/c1-18-13-15-21(16-14-18)32(30,31)28(23-12-8-11-22(25)19(23)2)17-24(29)27-26-20-9-6-4-3-5-7-10-20/h8,11-16H,3-7,9-10,17H2,1-2H3,(H,27,29). The normalized spacial score (nSPS) is 14.9. The van der Waals surface area contributed by atoms with Crippen LogP contribution in [0, 0.1) is 13.8 Å². The summed E-state index contributed by atoms with van der Waals surface area (Å²) in [5.41, 5.74) is 5.44. The zero-order valence-electron chi connectivity index (χ0n) is 18.6. The molecule has 6 nitrogen and oxygen atoms in total. The molecule has 0 aliphatic heterocycles. The van der Waals surface area contributed by atoms with Gasteiger partial charge in [-0.05, 0) is 69.4 Å².